The van der Waals surface area contributed by atoms with Gasteiger partial charge in [0.2, 0.25) is 0 Å². The molecule has 0 spiro atoms. The van der Waals surface area contributed by atoms with Crippen LogP contribution in [-0.4, -0.2) is 31.8 Å². The molecule has 0 saturated carbocycles. The molecular formula is C12H16F3N3O2. The highest BCUT2D eigenvalue weighted by Crippen LogP contribution is 2.15. The topological polar surface area (TPSA) is 76.4 Å². The van der Waals surface area contributed by atoms with Gasteiger partial charge in [-0.3, -0.25) is 10.6 Å². The van der Waals surface area contributed by atoms with Gasteiger partial charge < -0.3 is 15.5 Å². The molecule has 0 heterocycles. The second-order valence-corrected chi connectivity index (χ2v) is 4.10. The maximum absolute atomic E-state index is 11.8. The number of nitrogens with one attached hydrogen (secondary N) is 2. The summed E-state index contributed by atoms with van der Waals surface area (Å²) in [6.45, 7) is 0.259. The van der Waals surface area contributed by atoms with Gasteiger partial charge in [0, 0.05) is 12.1 Å². The minimum Gasteiger partial charge on any atom is -0.370 e. The van der Waals surface area contributed by atoms with Crippen LogP contribution in [0.4, 0.5) is 18.9 Å². The normalized spacial score (nSPS) is 11.2. The summed E-state index contributed by atoms with van der Waals surface area (Å²) in [5, 5.41) is 2.47. The van der Waals surface area contributed by atoms with Crippen LogP contribution in [0.3, 0.4) is 0 Å². The van der Waals surface area contributed by atoms with Gasteiger partial charge in [-0.25, -0.2) is 0 Å². The number of anilines is 1. The van der Waals surface area contributed by atoms with Gasteiger partial charge >= 0.3 is 6.18 Å². The van der Waals surface area contributed by atoms with Crippen LogP contribution in [0.2, 0.25) is 0 Å². The molecule has 0 bridgehead atoms. The Morgan fingerprint density at radius 1 is 1.40 bits per heavy atom. The van der Waals surface area contributed by atoms with Crippen LogP contribution in [0, 0.1) is 6.92 Å². The van der Waals surface area contributed by atoms with Crippen molar-refractivity contribution in [2.24, 2.45) is 5.84 Å². The van der Waals surface area contributed by atoms with Crippen molar-refractivity contribution in [1.82, 2.24) is 5.32 Å². The number of halogens is 3. The minimum absolute atomic E-state index is 0.00481. The van der Waals surface area contributed by atoms with E-state index in [1.54, 1.807) is 25.1 Å². The van der Waals surface area contributed by atoms with E-state index in [2.05, 4.69) is 15.5 Å². The lowest BCUT2D eigenvalue weighted by molar-refractivity contribution is -0.173. The zero-order valence-corrected chi connectivity index (χ0v) is 10.9. The second kappa shape index (κ2) is 7.11. The molecule has 4 N–H and O–H groups in total. The number of alkyl halides is 3. The molecule has 0 radical (unpaired) electrons. The Morgan fingerprint density at radius 2 is 2.10 bits per heavy atom. The van der Waals surface area contributed by atoms with E-state index in [4.69, 9.17) is 5.84 Å². The average Bonchev–Trinajstić information content (AvgIpc) is 2.36. The van der Waals surface area contributed by atoms with Crippen molar-refractivity contribution in [3.8, 4) is 0 Å². The number of ether oxygens (including phenoxy) is 1. The van der Waals surface area contributed by atoms with Gasteiger partial charge in [-0.05, 0) is 30.7 Å². The fraction of sp³-hybridized carbons (Fsp3) is 0.417. The maximum atomic E-state index is 11.8. The number of amides is 1. The van der Waals surface area contributed by atoms with Gasteiger partial charge in [0.15, 0.2) is 0 Å². The summed E-state index contributed by atoms with van der Waals surface area (Å²) in [5.74, 6) is 4.88. The lowest BCUT2D eigenvalue weighted by Crippen LogP contribution is -2.29. The monoisotopic (exact) mass is 291 g/mol. The largest absolute Gasteiger partial charge is 0.411 e. The molecule has 1 amide bonds. The third-order valence-corrected chi connectivity index (χ3v) is 2.44. The fourth-order valence-corrected chi connectivity index (χ4v) is 1.49. The summed E-state index contributed by atoms with van der Waals surface area (Å²) in [4.78, 5) is 11.7. The van der Waals surface area contributed by atoms with Crippen molar-refractivity contribution < 1.29 is 22.7 Å². The van der Waals surface area contributed by atoms with Crippen molar-refractivity contribution in [1.29, 1.82) is 0 Å². The Labute approximate surface area is 114 Å². The first-order valence-corrected chi connectivity index (χ1v) is 5.83. The van der Waals surface area contributed by atoms with Crippen LogP contribution >= 0.6 is 0 Å². The van der Waals surface area contributed by atoms with Crippen molar-refractivity contribution in [2.75, 3.05) is 25.2 Å². The first kappa shape index (κ1) is 16.3. The summed E-state index contributed by atoms with van der Waals surface area (Å²) in [7, 11) is 0. The zero-order valence-electron chi connectivity index (χ0n) is 10.9. The molecule has 5 nitrogen and oxygen atoms in total. The number of hydrazine groups is 1. The number of rotatable bonds is 6. The molecule has 0 aliphatic heterocycles. The summed E-state index contributed by atoms with van der Waals surface area (Å²) in [6, 6.07) is 4.83. The van der Waals surface area contributed by atoms with Crippen molar-refractivity contribution in [3.05, 3.63) is 29.3 Å². The second-order valence-electron chi connectivity index (χ2n) is 4.10. The van der Waals surface area contributed by atoms with Crippen molar-refractivity contribution in [3.63, 3.8) is 0 Å². The van der Waals surface area contributed by atoms with E-state index < -0.39 is 12.8 Å². The molecule has 112 valence electrons. The highest BCUT2D eigenvalue weighted by molar-refractivity contribution is 5.94. The molecule has 1 aromatic carbocycles. The van der Waals surface area contributed by atoms with E-state index in [9.17, 15) is 18.0 Å². The maximum Gasteiger partial charge on any atom is 0.411 e. The predicted octanol–water partition coefficient (Wildman–Crippen LogP) is 1.59. The number of nitrogen functional groups attached to an aromatic ring is 1. The molecule has 0 aliphatic carbocycles. The Hall–Kier alpha value is -1.80. The fourth-order valence-electron chi connectivity index (χ4n) is 1.49. The van der Waals surface area contributed by atoms with Crippen LogP contribution in [-0.2, 0) is 4.74 Å². The first-order chi connectivity index (χ1) is 9.33. The molecule has 8 heteroatoms. The number of hydrogen-bond donors (Lipinski definition) is 3. The first-order valence-electron chi connectivity index (χ1n) is 5.83. The van der Waals surface area contributed by atoms with Crippen molar-refractivity contribution in [2.45, 2.75) is 13.1 Å². The van der Waals surface area contributed by atoms with Gasteiger partial charge in [-0.2, -0.15) is 13.2 Å². The van der Waals surface area contributed by atoms with E-state index in [1.807, 2.05) is 0 Å². The number of nitrogens with two attached hydrogens (primary N) is 1. The number of aryl methyl sites for hydroxylation is 1. The molecule has 0 saturated heterocycles. The van der Waals surface area contributed by atoms with Crippen molar-refractivity contribution >= 4 is 11.6 Å². The van der Waals surface area contributed by atoms with E-state index >= 15 is 0 Å². The lowest BCUT2D eigenvalue weighted by atomic mass is 10.1. The Kier molecular flexibility index (Phi) is 5.78. The average molecular weight is 291 g/mol. The van der Waals surface area contributed by atoms with Crippen LogP contribution in [0.25, 0.3) is 0 Å². The zero-order chi connectivity index (χ0) is 15.2. The molecule has 0 unspecified atom stereocenters. The third-order valence-electron chi connectivity index (χ3n) is 2.44. The predicted molar refractivity (Wildman–Crippen MR) is 68.2 cm³/mol. The van der Waals surface area contributed by atoms with Gasteiger partial charge in [0.25, 0.3) is 5.91 Å². The van der Waals surface area contributed by atoms with Crippen LogP contribution < -0.4 is 16.6 Å². The Morgan fingerprint density at radius 3 is 2.65 bits per heavy atom. The standard InChI is InChI=1S/C12H16F3N3O2/c1-8-6-9(2-3-10(8)18-16)11(19)17-4-5-20-7-12(13,14)15/h2-3,6,18H,4-5,7,16H2,1H3,(H,17,19). The van der Waals surface area contributed by atoms with Gasteiger partial charge in [-0.15, -0.1) is 0 Å². The molecule has 0 atom stereocenters. The number of carbonyl (C=O) groups is 1. The van der Waals surface area contributed by atoms with Crippen LogP contribution in [0.1, 0.15) is 15.9 Å². The smallest absolute Gasteiger partial charge is 0.370 e. The lowest BCUT2D eigenvalue weighted by Gasteiger charge is -2.10. The molecule has 0 aromatic heterocycles. The summed E-state index contributed by atoms with van der Waals surface area (Å²) in [6.07, 6.45) is -4.35. The number of hydrogen-bond acceptors (Lipinski definition) is 4. The quantitative estimate of drug-likeness (QED) is 0.422. The molecule has 0 fully saturated rings. The van der Waals surface area contributed by atoms with Crippen LogP contribution in [0.15, 0.2) is 18.2 Å². The number of carbonyl (C=O) groups excluding carboxylic acids is 1. The molecule has 1 aromatic rings. The minimum atomic E-state index is -4.35. The SMILES string of the molecule is Cc1cc(C(=O)NCCOCC(F)(F)F)ccc1NN. The van der Waals surface area contributed by atoms with Gasteiger partial charge in [0.1, 0.15) is 6.61 Å². The van der Waals surface area contributed by atoms with Gasteiger partial charge in [0.05, 0.1) is 12.3 Å². The van der Waals surface area contributed by atoms with E-state index in [0.29, 0.717) is 11.3 Å². The van der Waals surface area contributed by atoms with E-state index in [1.165, 1.54) is 0 Å². The van der Waals surface area contributed by atoms with Crippen LogP contribution in [0.5, 0.6) is 0 Å². The summed E-state index contributed by atoms with van der Waals surface area (Å²) >= 11 is 0. The molecule has 0 aliphatic rings. The molecular weight excluding hydrogens is 275 g/mol. The summed E-state index contributed by atoms with van der Waals surface area (Å²) in [5.41, 5.74) is 4.35. The Balaban J connectivity index is 2.38. The molecule has 1 rings (SSSR count). The summed E-state index contributed by atoms with van der Waals surface area (Å²) < 4.78 is 39.8. The number of benzene rings is 1. The highest BCUT2D eigenvalue weighted by Gasteiger charge is 2.27. The van der Waals surface area contributed by atoms with Gasteiger partial charge in [-0.1, -0.05) is 0 Å². The highest BCUT2D eigenvalue weighted by atomic mass is 19.4. The van der Waals surface area contributed by atoms with E-state index in [0.717, 1.165) is 5.56 Å². The third kappa shape index (κ3) is 5.45. The molecule has 20 heavy (non-hydrogen) atoms. The Bertz CT molecular complexity index is 464. The van der Waals surface area contributed by atoms with E-state index in [-0.39, 0.29) is 19.1 Å².